The lowest BCUT2D eigenvalue weighted by molar-refractivity contribution is -0.137. The molecule has 0 aliphatic carbocycles. The van der Waals surface area contributed by atoms with Crippen LogP contribution in [0.15, 0.2) is 24.3 Å². The molecule has 0 unspecified atom stereocenters. The third-order valence-electron chi connectivity index (χ3n) is 3.67. The van der Waals surface area contributed by atoms with E-state index >= 15 is 0 Å². The Labute approximate surface area is 139 Å². The summed E-state index contributed by atoms with van der Waals surface area (Å²) in [6.45, 7) is 5.72. The highest BCUT2D eigenvalue weighted by atomic mass is 19.4. The molecule has 0 aliphatic heterocycles. The molecule has 8 heteroatoms. The molecule has 0 spiro atoms. The smallest absolute Gasteiger partial charge is 0.416 e. The number of alkyl halides is 3. The van der Waals surface area contributed by atoms with Gasteiger partial charge in [-0.25, -0.2) is 4.79 Å². The first-order chi connectivity index (χ1) is 11.0. The number of hydrogen-bond donors (Lipinski definition) is 3. The molecule has 4 N–H and O–H groups in total. The van der Waals surface area contributed by atoms with Gasteiger partial charge < -0.3 is 10.0 Å². The van der Waals surface area contributed by atoms with E-state index < -0.39 is 29.4 Å². The van der Waals surface area contributed by atoms with Gasteiger partial charge in [0.05, 0.1) is 5.56 Å². The fourth-order valence-electron chi connectivity index (χ4n) is 2.67. The van der Waals surface area contributed by atoms with Crippen molar-refractivity contribution in [2.75, 3.05) is 6.54 Å². The molecule has 0 bridgehead atoms. The monoisotopic (exact) mass is 347 g/mol. The Morgan fingerprint density at radius 3 is 2.17 bits per heavy atom. The first-order valence-corrected chi connectivity index (χ1v) is 7.58. The van der Waals surface area contributed by atoms with Gasteiger partial charge in [-0.15, -0.1) is 0 Å². The third kappa shape index (κ3) is 5.68. The standard InChI is InChI=1S/C16H24F3N3O2/c1-15(2,3)22(14(23)24)13(8-9-21-20)10-11-4-6-12(7-5-11)16(17,18)19/h4-7,13,21H,8-10,20H2,1-3H3,(H,23,24)/t13-/m1/s1. The number of carbonyl (C=O) groups is 1. The summed E-state index contributed by atoms with van der Waals surface area (Å²) in [7, 11) is 0. The Bertz CT molecular complexity index is 539. The summed E-state index contributed by atoms with van der Waals surface area (Å²) in [5, 5.41) is 9.53. The van der Waals surface area contributed by atoms with E-state index in [2.05, 4.69) is 5.43 Å². The highest BCUT2D eigenvalue weighted by molar-refractivity contribution is 5.66. The summed E-state index contributed by atoms with van der Waals surface area (Å²) in [6.07, 6.45) is -4.71. The third-order valence-corrected chi connectivity index (χ3v) is 3.67. The van der Waals surface area contributed by atoms with Crippen molar-refractivity contribution >= 4 is 6.09 Å². The van der Waals surface area contributed by atoms with Gasteiger partial charge in [-0.05, 0) is 51.3 Å². The SMILES string of the molecule is CC(C)(C)N(C(=O)O)[C@H](CCNN)Cc1ccc(C(F)(F)F)cc1. The fraction of sp³-hybridized carbons (Fsp3) is 0.562. The molecule has 0 fully saturated rings. The van der Waals surface area contributed by atoms with Gasteiger partial charge in [0.2, 0.25) is 0 Å². The van der Waals surface area contributed by atoms with E-state index in [9.17, 15) is 23.1 Å². The number of hydrazine groups is 1. The van der Waals surface area contributed by atoms with E-state index in [4.69, 9.17) is 5.84 Å². The fourth-order valence-corrected chi connectivity index (χ4v) is 2.67. The zero-order valence-corrected chi connectivity index (χ0v) is 14.0. The molecule has 0 heterocycles. The topological polar surface area (TPSA) is 78.6 Å². The second kappa shape index (κ2) is 7.85. The summed E-state index contributed by atoms with van der Waals surface area (Å²) < 4.78 is 37.9. The minimum atomic E-state index is -4.39. The molecule has 1 aromatic rings. The maximum Gasteiger partial charge on any atom is 0.416 e. The minimum absolute atomic E-state index is 0.309. The van der Waals surface area contributed by atoms with E-state index in [0.717, 1.165) is 12.1 Å². The quantitative estimate of drug-likeness (QED) is 0.545. The van der Waals surface area contributed by atoms with Crippen LogP contribution in [0.1, 0.15) is 38.3 Å². The van der Waals surface area contributed by atoms with Crippen LogP contribution in [-0.4, -0.2) is 34.2 Å². The number of benzene rings is 1. The highest BCUT2D eigenvalue weighted by Crippen LogP contribution is 2.30. The first-order valence-electron chi connectivity index (χ1n) is 7.58. The second-order valence-electron chi connectivity index (χ2n) is 6.62. The second-order valence-corrected chi connectivity index (χ2v) is 6.62. The van der Waals surface area contributed by atoms with Crippen LogP contribution < -0.4 is 11.3 Å². The molecular formula is C16H24F3N3O2. The highest BCUT2D eigenvalue weighted by Gasteiger charge is 2.33. The minimum Gasteiger partial charge on any atom is -0.465 e. The molecule has 136 valence electrons. The van der Waals surface area contributed by atoms with Gasteiger partial charge in [-0.3, -0.25) is 11.3 Å². The van der Waals surface area contributed by atoms with Crippen molar-refractivity contribution in [2.45, 2.75) is 51.4 Å². The lowest BCUT2D eigenvalue weighted by Gasteiger charge is -2.40. The lowest BCUT2D eigenvalue weighted by atomic mass is 9.96. The maximum atomic E-state index is 12.6. The number of nitrogens with zero attached hydrogens (tertiary/aromatic N) is 1. The van der Waals surface area contributed by atoms with Crippen LogP contribution in [0.4, 0.5) is 18.0 Å². The van der Waals surface area contributed by atoms with Gasteiger partial charge >= 0.3 is 12.3 Å². The van der Waals surface area contributed by atoms with Crippen LogP contribution in [0.3, 0.4) is 0 Å². The largest absolute Gasteiger partial charge is 0.465 e. The molecule has 0 radical (unpaired) electrons. The Morgan fingerprint density at radius 1 is 1.25 bits per heavy atom. The predicted octanol–water partition coefficient (Wildman–Crippen LogP) is 3.25. The van der Waals surface area contributed by atoms with E-state index in [0.29, 0.717) is 24.9 Å². The first kappa shape index (κ1) is 20.2. The van der Waals surface area contributed by atoms with E-state index in [1.54, 1.807) is 20.8 Å². The summed E-state index contributed by atoms with van der Waals surface area (Å²) in [5.41, 5.74) is 1.76. The normalized spacial score (nSPS) is 13.6. The Hall–Kier alpha value is -1.80. The van der Waals surface area contributed by atoms with Gasteiger partial charge in [0.25, 0.3) is 0 Å². The summed E-state index contributed by atoms with van der Waals surface area (Å²) >= 11 is 0. The van der Waals surface area contributed by atoms with Crippen molar-refractivity contribution in [3.8, 4) is 0 Å². The van der Waals surface area contributed by atoms with E-state index in [1.807, 2.05) is 0 Å². The Morgan fingerprint density at radius 2 is 1.79 bits per heavy atom. The molecule has 1 rings (SSSR count). The molecule has 0 aliphatic rings. The van der Waals surface area contributed by atoms with Crippen molar-refractivity contribution in [2.24, 2.45) is 5.84 Å². The zero-order valence-electron chi connectivity index (χ0n) is 14.0. The molecule has 0 saturated carbocycles. The number of hydrogen-bond acceptors (Lipinski definition) is 3. The average molecular weight is 347 g/mol. The number of nitrogens with one attached hydrogen (secondary N) is 1. The number of nitrogens with two attached hydrogens (primary N) is 1. The Kier molecular flexibility index (Phi) is 6.62. The zero-order chi connectivity index (χ0) is 18.5. The van der Waals surface area contributed by atoms with Gasteiger partial charge in [0.15, 0.2) is 0 Å². The van der Waals surface area contributed by atoms with Gasteiger partial charge in [0, 0.05) is 18.1 Å². The predicted molar refractivity (Wildman–Crippen MR) is 85.4 cm³/mol. The molecule has 1 atom stereocenters. The molecule has 0 aromatic heterocycles. The van der Waals surface area contributed by atoms with Crippen LogP contribution in [-0.2, 0) is 12.6 Å². The van der Waals surface area contributed by atoms with Gasteiger partial charge in [0.1, 0.15) is 0 Å². The van der Waals surface area contributed by atoms with E-state index in [-0.39, 0.29) is 0 Å². The molecule has 0 saturated heterocycles. The van der Waals surface area contributed by atoms with Crippen molar-refractivity contribution in [3.63, 3.8) is 0 Å². The molecular weight excluding hydrogens is 323 g/mol. The van der Waals surface area contributed by atoms with E-state index in [1.165, 1.54) is 17.0 Å². The van der Waals surface area contributed by atoms with Crippen LogP contribution >= 0.6 is 0 Å². The summed E-state index contributed by atoms with van der Waals surface area (Å²) in [4.78, 5) is 13.0. The van der Waals surface area contributed by atoms with Crippen molar-refractivity contribution in [3.05, 3.63) is 35.4 Å². The summed E-state index contributed by atoms with van der Waals surface area (Å²) in [5.74, 6) is 5.28. The number of rotatable bonds is 6. The van der Waals surface area contributed by atoms with Crippen molar-refractivity contribution < 1.29 is 23.1 Å². The van der Waals surface area contributed by atoms with Crippen LogP contribution in [0.5, 0.6) is 0 Å². The van der Waals surface area contributed by atoms with Crippen molar-refractivity contribution in [1.82, 2.24) is 10.3 Å². The van der Waals surface area contributed by atoms with Crippen LogP contribution in [0.25, 0.3) is 0 Å². The van der Waals surface area contributed by atoms with Gasteiger partial charge in [-0.2, -0.15) is 13.2 Å². The number of amides is 1. The van der Waals surface area contributed by atoms with Crippen molar-refractivity contribution in [1.29, 1.82) is 0 Å². The van der Waals surface area contributed by atoms with Gasteiger partial charge in [-0.1, -0.05) is 12.1 Å². The molecule has 1 aromatic carbocycles. The lowest BCUT2D eigenvalue weighted by Crippen LogP contribution is -2.52. The molecule has 5 nitrogen and oxygen atoms in total. The van der Waals surface area contributed by atoms with Crippen LogP contribution in [0.2, 0.25) is 0 Å². The summed E-state index contributed by atoms with van der Waals surface area (Å²) in [6, 6.07) is 4.38. The molecule has 1 amide bonds. The number of halogens is 3. The van der Waals surface area contributed by atoms with Crippen LogP contribution in [0, 0.1) is 0 Å². The molecule has 24 heavy (non-hydrogen) atoms. The Balaban J connectivity index is 3.03. The number of carboxylic acid groups (broad SMARTS) is 1. The maximum absolute atomic E-state index is 12.6. The average Bonchev–Trinajstić information content (AvgIpc) is 2.42.